The largest absolute Gasteiger partial charge is 0.472 e. The molecule has 18 heteroatoms. The van der Waals surface area contributed by atoms with Crippen LogP contribution in [-0.2, 0) is 55.8 Å². The van der Waals surface area contributed by atoms with E-state index in [0.717, 1.165) is 173 Å². The molecule has 0 fully saturated rings. The van der Waals surface area contributed by atoms with Crippen LogP contribution in [0.4, 0.5) is 0 Å². The van der Waals surface area contributed by atoms with Gasteiger partial charge in [0.25, 0.3) is 0 Å². The zero-order valence-corrected chi connectivity index (χ0v) is 67.4. The quantitative estimate of drug-likeness (QED) is 0.0146. The summed E-state index contributed by atoms with van der Waals surface area (Å²) < 4.78 is 61.2. The van der Waals surface area contributed by atoms with Gasteiger partial charge in [0.05, 0.1) is 26.4 Å². The fourth-order valence-electron chi connectivity index (χ4n) is 10.6. The molecular weight excluding hydrogens is 1360 g/mol. The van der Waals surface area contributed by atoms with Crippen LogP contribution in [0.2, 0.25) is 0 Å². The van der Waals surface area contributed by atoms with E-state index >= 15 is 0 Å². The van der Waals surface area contributed by atoms with Crippen LogP contribution in [0.1, 0.15) is 316 Å². The van der Waals surface area contributed by atoms with E-state index < -0.39 is 91.5 Å². The molecule has 105 heavy (non-hydrogen) atoms. The Morgan fingerprint density at radius 1 is 0.267 bits per heavy atom. The number of unbranched alkanes of at least 4 members (excludes halogenated alkanes) is 27. The molecule has 0 aliphatic carbocycles. The number of rotatable bonds is 76. The van der Waals surface area contributed by atoms with Crippen molar-refractivity contribution < 1.29 is 75.8 Å². The number of allylic oxidation sites excluding steroid dienone is 26. The lowest BCUT2D eigenvalue weighted by molar-refractivity contribution is -0.161. The van der Waals surface area contributed by atoms with E-state index in [-0.39, 0.29) is 19.3 Å². The first-order valence-electron chi connectivity index (χ1n) is 40.8. The normalized spacial score (nSPS) is 14.8. The number of hydrogen-bond donors (Lipinski definition) is 4. The summed E-state index contributed by atoms with van der Waals surface area (Å²) in [6, 6.07) is 0. The highest BCUT2D eigenvalue weighted by Crippen LogP contribution is 2.45. The van der Waals surface area contributed by atoms with Gasteiger partial charge in [-0.3, -0.25) is 32.5 Å². The maximum atomic E-state index is 13.0. The van der Waals surface area contributed by atoms with Gasteiger partial charge in [-0.1, -0.05) is 314 Å². The van der Waals surface area contributed by atoms with Crippen LogP contribution in [0.3, 0.4) is 0 Å². The molecule has 600 valence electrons. The number of hydrogen-bond acceptors (Lipinski definition) is 14. The molecule has 0 rings (SSSR count). The molecule has 0 amide bonds. The molecule has 0 aromatic rings. The molecule has 0 saturated heterocycles. The van der Waals surface area contributed by atoms with Gasteiger partial charge in [0.15, 0.2) is 6.10 Å². The number of ether oxygens (including phenoxy) is 3. The third kappa shape index (κ3) is 80.0. The first-order chi connectivity index (χ1) is 51.2. The number of aliphatic hydroxyl groups is 2. The van der Waals surface area contributed by atoms with Crippen molar-refractivity contribution in [1.82, 2.24) is 0 Å². The van der Waals surface area contributed by atoms with Gasteiger partial charge in [0.1, 0.15) is 25.4 Å². The second kappa shape index (κ2) is 78.7. The van der Waals surface area contributed by atoms with Crippen LogP contribution in [0.25, 0.3) is 0 Å². The molecule has 0 saturated carbocycles. The van der Waals surface area contributed by atoms with E-state index in [1.54, 1.807) is 0 Å². The minimum atomic E-state index is -4.94. The molecule has 0 aromatic heterocycles. The summed E-state index contributed by atoms with van der Waals surface area (Å²) in [6.07, 6.45) is 98.6. The first-order valence-corrected chi connectivity index (χ1v) is 43.8. The molecule has 0 spiro atoms. The number of carbonyl (C=O) groups is 3. The Kier molecular flexibility index (Phi) is 75.1. The van der Waals surface area contributed by atoms with Gasteiger partial charge in [0.2, 0.25) is 0 Å². The SMILES string of the molecule is CC/C=C\C/C=C\C/C=C\C/C=C\C/C=C\CCCCCCCCCCCCCCCC(=O)OCC(O)COP(=O)(O)OCC(O)COP(=O)(O)OCC(COC(=O)CCCCCCCCCCC/C=C\C/C=C\C/C=C\C/C=C\C/C=C\CC)OC(=O)CCCCCCC/C=C\C/C=C\C/C=C\CC. The smallest absolute Gasteiger partial charge is 0.463 e. The van der Waals surface area contributed by atoms with Gasteiger partial charge >= 0.3 is 33.6 Å². The van der Waals surface area contributed by atoms with E-state index in [1.807, 2.05) is 0 Å². The number of aliphatic hydroxyl groups excluding tert-OH is 2. The monoisotopic (exact) mass is 1510 g/mol. The highest BCUT2D eigenvalue weighted by Gasteiger charge is 2.29. The summed E-state index contributed by atoms with van der Waals surface area (Å²) in [4.78, 5) is 58.7. The van der Waals surface area contributed by atoms with E-state index in [4.69, 9.17) is 32.3 Å². The summed E-state index contributed by atoms with van der Waals surface area (Å²) in [7, 11) is -9.81. The zero-order valence-electron chi connectivity index (χ0n) is 65.6. The average Bonchev–Trinajstić information content (AvgIpc) is 0.913. The molecule has 5 atom stereocenters. The summed E-state index contributed by atoms with van der Waals surface area (Å²) in [5.74, 6) is -1.60. The molecule has 4 N–H and O–H groups in total. The van der Waals surface area contributed by atoms with E-state index in [1.165, 1.54) is 83.5 Å². The van der Waals surface area contributed by atoms with Gasteiger partial charge < -0.3 is 34.2 Å². The third-order valence-electron chi connectivity index (χ3n) is 16.7. The number of esters is 3. The topological polar surface area (TPSA) is 231 Å². The van der Waals surface area contributed by atoms with Crippen molar-refractivity contribution in [2.75, 3.05) is 39.6 Å². The van der Waals surface area contributed by atoms with Crippen LogP contribution in [0.5, 0.6) is 0 Å². The van der Waals surface area contributed by atoms with E-state index in [0.29, 0.717) is 19.3 Å². The van der Waals surface area contributed by atoms with E-state index in [2.05, 4.69) is 179 Å². The van der Waals surface area contributed by atoms with Gasteiger partial charge in [-0.15, -0.1) is 0 Å². The number of phosphoric acid groups is 2. The second-order valence-corrected chi connectivity index (χ2v) is 29.7. The van der Waals surface area contributed by atoms with Crippen LogP contribution >= 0.6 is 15.6 Å². The van der Waals surface area contributed by atoms with Crippen molar-refractivity contribution in [3.05, 3.63) is 158 Å². The fraction of sp³-hybridized carbons (Fsp3) is 0.667. The van der Waals surface area contributed by atoms with Crippen molar-refractivity contribution in [3.63, 3.8) is 0 Å². The zero-order chi connectivity index (χ0) is 76.6. The van der Waals surface area contributed by atoms with Crippen molar-refractivity contribution >= 4 is 33.6 Å². The number of carbonyl (C=O) groups excluding carboxylic acids is 3. The first kappa shape index (κ1) is 100. The Morgan fingerprint density at radius 2 is 0.476 bits per heavy atom. The maximum absolute atomic E-state index is 13.0. The Balaban J connectivity index is 4.55. The Morgan fingerprint density at radius 3 is 0.752 bits per heavy atom. The van der Waals surface area contributed by atoms with Crippen molar-refractivity contribution in [2.45, 2.75) is 334 Å². The van der Waals surface area contributed by atoms with Crippen LogP contribution < -0.4 is 0 Å². The molecular formula is C87H146O16P2. The standard InChI is InChI=1S/C87H146O16P2/c1-4-7-10-13-16-19-22-25-28-30-32-34-36-38-39-40-41-43-45-46-48-50-53-55-58-61-64-67-70-73-85(90)97-76-82(88)77-99-104(93,94)100-78-83(89)79-101-105(95,96)102-81-84(103-87(92)75-72-69-66-63-60-57-52-27-24-21-18-15-12-9-6-3)80-98-86(91)74-71-68-65-62-59-56-54-51-49-47-44-42-37-35-33-31-29-26-23-20-17-14-11-8-5-2/h7-12,16-21,25-29,32-35,38-39,42,44,52,82-84,88-89H,4-6,13-15,22-24,30-31,36-37,40-41,43,45-51,53-81H2,1-3H3,(H,93,94)(H,95,96)/b10-7-,11-8-,12-9-,19-16-,20-17-,21-18-,28-25-,29-26-,34-32-,35-33-,39-38-,44-42-,52-27-. The molecule has 16 nitrogen and oxygen atoms in total. The summed E-state index contributed by atoms with van der Waals surface area (Å²) in [6.45, 7) is 2.32. The molecule has 0 aliphatic heterocycles. The maximum Gasteiger partial charge on any atom is 0.472 e. The molecule has 0 heterocycles. The summed E-state index contributed by atoms with van der Waals surface area (Å²) >= 11 is 0. The third-order valence-corrected chi connectivity index (χ3v) is 18.6. The van der Waals surface area contributed by atoms with Gasteiger partial charge in [-0.2, -0.15) is 0 Å². The molecule has 0 aromatic carbocycles. The van der Waals surface area contributed by atoms with Crippen molar-refractivity contribution in [2.24, 2.45) is 0 Å². The number of phosphoric ester groups is 2. The van der Waals surface area contributed by atoms with Gasteiger partial charge in [-0.05, 0) is 141 Å². The summed E-state index contributed by atoms with van der Waals surface area (Å²) in [5, 5.41) is 20.7. The van der Waals surface area contributed by atoms with E-state index in [9.17, 15) is 43.5 Å². The Bertz CT molecular complexity index is 2540. The summed E-state index contributed by atoms with van der Waals surface area (Å²) in [5.41, 5.74) is 0. The highest BCUT2D eigenvalue weighted by molar-refractivity contribution is 7.47. The van der Waals surface area contributed by atoms with Crippen molar-refractivity contribution in [3.8, 4) is 0 Å². The molecule has 0 bridgehead atoms. The average molecular weight is 1510 g/mol. The molecule has 5 unspecified atom stereocenters. The minimum Gasteiger partial charge on any atom is -0.463 e. The molecule has 0 aliphatic rings. The Labute approximate surface area is 638 Å². The minimum absolute atomic E-state index is 0.0797. The predicted octanol–water partition coefficient (Wildman–Crippen LogP) is 24.2. The lowest BCUT2D eigenvalue weighted by atomic mass is 10.0. The van der Waals surface area contributed by atoms with Crippen LogP contribution in [0, 0.1) is 0 Å². The van der Waals surface area contributed by atoms with Crippen LogP contribution in [0.15, 0.2) is 158 Å². The molecule has 0 radical (unpaired) electrons. The Hall–Kier alpha value is -4.83. The highest BCUT2D eigenvalue weighted by atomic mass is 31.2. The lowest BCUT2D eigenvalue weighted by Crippen LogP contribution is -2.30. The van der Waals surface area contributed by atoms with Gasteiger partial charge in [0, 0.05) is 19.3 Å². The predicted molar refractivity (Wildman–Crippen MR) is 435 cm³/mol. The lowest BCUT2D eigenvalue weighted by Gasteiger charge is -2.21. The van der Waals surface area contributed by atoms with Gasteiger partial charge in [-0.25, -0.2) is 9.13 Å². The second-order valence-electron chi connectivity index (χ2n) is 26.8. The van der Waals surface area contributed by atoms with Crippen molar-refractivity contribution in [1.29, 1.82) is 0 Å². The fourth-order valence-corrected chi connectivity index (χ4v) is 12.2. The van der Waals surface area contributed by atoms with Crippen LogP contribution in [-0.4, -0.2) is 95.9 Å².